The lowest BCUT2D eigenvalue weighted by Crippen LogP contribution is -2.24. The normalized spacial score (nSPS) is 15.3. The smallest absolute Gasteiger partial charge is 0.340 e. The minimum Gasteiger partial charge on any atom is -0.497 e. The van der Waals surface area contributed by atoms with E-state index in [0.717, 1.165) is 0 Å². The number of methoxy groups -OCH3 is 1. The van der Waals surface area contributed by atoms with Crippen LogP contribution in [0.5, 0.6) is 5.75 Å². The number of nitrogens with zero attached hydrogens (tertiary/aromatic N) is 1. The highest BCUT2D eigenvalue weighted by Crippen LogP contribution is 2.37. The van der Waals surface area contributed by atoms with Crippen LogP contribution in [0.15, 0.2) is 59.3 Å². The number of carbonyl (C=O) groups is 2. The van der Waals surface area contributed by atoms with Crippen LogP contribution in [0.25, 0.3) is 6.08 Å². The second kappa shape index (κ2) is 8.49. The summed E-state index contributed by atoms with van der Waals surface area (Å²) in [5.74, 6) is -1.11. The van der Waals surface area contributed by atoms with E-state index in [1.165, 1.54) is 29.2 Å². The summed E-state index contributed by atoms with van der Waals surface area (Å²) in [6.45, 7) is 3.45. The van der Waals surface area contributed by atoms with Gasteiger partial charge in [-0.15, -0.1) is 0 Å². The van der Waals surface area contributed by atoms with E-state index in [9.17, 15) is 14.0 Å². The Kier molecular flexibility index (Phi) is 6.03. The Hall–Kier alpha value is -3.12. The highest BCUT2D eigenvalue weighted by molar-refractivity contribution is 6.32. The molecule has 0 unspecified atom stereocenters. The summed E-state index contributed by atoms with van der Waals surface area (Å²) in [5, 5.41) is 0.133. The second-order valence-electron chi connectivity index (χ2n) is 6.21. The Labute approximate surface area is 173 Å². The van der Waals surface area contributed by atoms with E-state index in [2.05, 4.69) is 0 Å². The first-order valence-electron chi connectivity index (χ1n) is 8.91. The Bertz CT molecular complexity index is 1010. The van der Waals surface area contributed by atoms with Gasteiger partial charge in [0.1, 0.15) is 11.6 Å². The lowest BCUT2D eigenvalue weighted by molar-refractivity contribution is -0.138. The highest BCUT2D eigenvalue weighted by atomic mass is 35.5. The number of carbonyl (C=O) groups excluding carboxylic acids is 2. The predicted octanol–water partition coefficient (Wildman–Crippen LogP) is 4.76. The average Bonchev–Trinajstić information content (AvgIpc) is 2.95. The molecule has 0 N–H and O–H groups in total. The SMILES string of the molecule is CCOC(=O)C1=C(C)N(c2ccc(OC)cc2)C(=O)/C1=C/c1c(F)cccc1Cl. The molecule has 0 spiro atoms. The number of halogens is 2. The van der Waals surface area contributed by atoms with Gasteiger partial charge in [0.15, 0.2) is 0 Å². The minimum absolute atomic E-state index is 0.0174. The number of amides is 1. The highest BCUT2D eigenvalue weighted by Gasteiger charge is 2.38. The van der Waals surface area contributed by atoms with Crippen molar-refractivity contribution in [1.82, 2.24) is 0 Å². The van der Waals surface area contributed by atoms with Gasteiger partial charge in [-0.3, -0.25) is 9.69 Å². The average molecular weight is 416 g/mol. The predicted molar refractivity (Wildman–Crippen MR) is 109 cm³/mol. The van der Waals surface area contributed by atoms with Gasteiger partial charge in [-0.2, -0.15) is 0 Å². The van der Waals surface area contributed by atoms with E-state index < -0.39 is 17.7 Å². The van der Waals surface area contributed by atoms with E-state index in [-0.39, 0.29) is 28.3 Å². The van der Waals surface area contributed by atoms with Crippen molar-refractivity contribution < 1.29 is 23.5 Å². The topological polar surface area (TPSA) is 55.8 Å². The first-order valence-corrected chi connectivity index (χ1v) is 9.29. The fraction of sp³-hybridized carbons (Fsp3) is 0.182. The maximum Gasteiger partial charge on any atom is 0.340 e. The van der Waals surface area contributed by atoms with Crippen LogP contribution in [-0.2, 0) is 14.3 Å². The summed E-state index contributed by atoms with van der Waals surface area (Å²) in [4.78, 5) is 27.2. The Balaban J connectivity index is 2.16. The van der Waals surface area contributed by atoms with Crippen LogP contribution in [0.1, 0.15) is 19.4 Å². The van der Waals surface area contributed by atoms with Crippen LogP contribution < -0.4 is 9.64 Å². The van der Waals surface area contributed by atoms with Crippen LogP contribution >= 0.6 is 11.6 Å². The number of hydrogen-bond donors (Lipinski definition) is 0. The first kappa shape index (κ1) is 20.6. The zero-order chi connectivity index (χ0) is 21.1. The molecule has 0 aromatic heterocycles. The van der Waals surface area contributed by atoms with Gasteiger partial charge >= 0.3 is 5.97 Å². The molecule has 0 atom stereocenters. The zero-order valence-electron chi connectivity index (χ0n) is 16.2. The lowest BCUT2D eigenvalue weighted by atomic mass is 10.0. The van der Waals surface area contributed by atoms with E-state index in [4.69, 9.17) is 21.1 Å². The molecule has 0 saturated carbocycles. The molecule has 1 amide bonds. The number of rotatable bonds is 5. The van der Waals surface area contributed by atoms with Gasteiger partial charge in [0.05, 0.1) is 29.9 Å². The molecule has 0 aliphatic carbocycles. The molecule has 2 aromatic rings. The van der Waals surface area contributed by atoms with Crippen LogP contribution in [0.4, 0.5) is 10.1 Å². The summed E-state index contributed by atoms with van der Waals surface area (Å²) < 4.78 is 24.6. The van der Waals surface area contributed by atoms with E-state index in [0.29, 0.717) is 17.1 Å². The monoisotopic (exact) mass is 415 g/mol. The molecule has 0 bridgehead atoms. The second-order valence-corrected chi connectivity index (χ2v) is 6.62. The van der Waals surface area contributed by atoms with Crippen molar-refractivity contribution in [2.24, 2.45) is 0 Å². The molecule has 7 heteroatoms. The molecule has 3 rings (SSSR count). The van der Waals surface area contributed by atoms with Gasteiger partial charge in [-0.05, 0) is 56.3 Å². The number of ether oxygens (including phenoxy) is 2. The summed E-state index contributed by atoms with van der Waals surface area (Å²) in [5.41, 5.74) is 1.05. The van der Waals surface area contributed by atoms with Gasteiger partial charge in [0.2, 0.25) is 0 Å². The van der Waals surface area contributed by atoms with Crippen molar-refractivity contribution in [3.05, 3.63) is 75.7 Å². The maximum absolute atomic E-state index is 14.3. The van der Waals surface area contributed by atoms with Crippen molar-refractivity contribution in [3.63, 3.8) is 0 Å². The molecule has 1 aliphatic rings. The van der Waals surface area contributed by atoms with Gasteiger partial charge in [-0.1, -0.05) is 17.7 Å². The Morgan fingerprint density at radius 1 is 1.21 bits per heavy atom. The first-order chi connectivity index (χ1) is 13.9. The number of hydrogen-bond acceptors (Lipinski definition) is 4. The zero-order valence-corrected chi connectivity index (χ0v) is 16.9. The number of anilines is 1. The third-order valence-corrected chi connectivity index (χ3v) is 4.83. The molecular weight excluding hydrogens is 397 g/mol. The Morgan fingerprint density at radius 3 is 2.48 bits per heavy atom. The third kappa shape index (κ3) is 3.89. The van der Waals surface area contributed by atoms with Crippen molar-refractivity contribution in [2.75, 3.05) is 18.6 Å². The molecule has 2 aromatic carbocycles. The third-order valence-electron chi connectivity index (χ3n) is 4.50. The van der Waals surface area contributed by atoms with E-state index >= 15 is 0 Å². The van der Waals surface area contributed by atoms with Crippen molar-refractivity contribution >= 4 is 35.2 Å². The maximum atomic E-state index is 14.3. The number of allylic oxidation sites excluding steroid dienone is 1. The summed E-state index contributed by atoms with van der Waals surface area (Å²) in [7, 11) is 1.54. The van der Waals surface area contributed by atoms with Crippen molar-refractivity contribution in [2.45, 2.75) is 13.8 Å². The molecule has 5 nitrogen and oxygen atoms in total. The van der Waals surface area contributed by atoms with Gasteiger partial charge in [0.25, 0.3) is 5.91 Å². The fourth-order valence-electron chi connectivity index (χ4n) is 3.12. The largest absolute Gasteiger partial charge is 0.497 e. The summed E-state index contributed by atoms with van der Waals surface area (Å²) in [6, 6.07) is 11.0. The Morgan fingerprint density at radius 2 is 1.90 bits per heavy atom. The molecule has 1 heterocycles. The van der Waals surface area contributed by atoms with Crippen molar-refractivity contribution in [3.8, 4) is 5.75 Å². The molecule has 1 aliphatic heterocycles. The number of esters is 1. The van der Waals surface area contributed by atoms with Crippen LogP contribution in [0, 0.1) is 5.82 Å². The lowest BCUT2D eigenvalue weighted by Gasteiger charge is -2.18. The minimum atomic E-state index is -0.659. The van der Waals surface area contributed by atoms with Gasteiger partial charge in [-0.25, -0.2) is 9.18 Å². The quantitative estimate of drug-likeness (QED) is 0.522. The van der Waals surface area contributed by atoms with Crippen molar-refractivity contribution in [1.29, 1.82) is 0 Å². The molecule has 0 radical (unpaired) electrons. The molecule has 150 valence electrons. The molecule has 0 fully saturated rings. The summed E-state index contributed by atoms with van der Waals surface area (Å²) >= 11 is 6.11. The summed E-state index contributed by atoms with van der Waals surface area (Å²) in [6.07, 6.45) is 1.29. The van der Waals surface area contributed by atoms with Crippen LogP contribution in [0.3, 0.4) is 0 Å². The molecular formula is C22H19ClFNO4. The van der Waals surface area contributed by atoms with Gasteiger partial charge < -0.3 is 9.47 Å². The molecule has 29 heavy (non-hydrogen) atoms. The van der Waals surface area contributed by atoms with E-state index in [1.54, 1.807) is 45.2 Å². The van der Waals surface area contributed by atoms with Gasteiger partial charge in [0, 0.05) is 16.9 Å². The standard InChI is InChI=1S/C22H19ClFNO4/c1-4-29-22(27)20-13(2)25(14-8-10-15(28-3)11-9-14)21(26)17(20)12-16-18(23)6-5-7-19(16)24/h5-12H,4H2,1-3H3/b17-12+. The van der Waals surface area contributed by atoms with Crippen LogP contribution in [0.2, 0.25) is 5.02 Å². The number of benzene rings is 2. The molecule has 0 saturated heterocycles. The van der Waals surface area contributed by atoms with Crippen LogP contribution in [-0.4, -0.2) is 25.6 Å². The van der Waals surface area contributed by atoms with E-state index in [1.807, 2.05) is 0 Å². The fourth-order valence-corrected chi connectivity index (χ4v) is 3.33.